The summed E-state index contributed by atoms with van der Waals surface area (Å²) >= 11 is 0. The zero-order valence-electron chi connectivity index (χ0n) is 17.7. The van der Waals surface area contributed by atoms with Crippen LogP contribution in [0.1, 0.15) is 27.8 Å². The SMILES string of the molecule is CN1CCN(c2ncccn2)C[C@@H]1c1nnc2ccc(C(=O)NCc3cccnc3)cn12. The van der Waals surface area contributed by atoms with Gasteiger partial charge in [0.1, 0.15) is 0 Å². The van der Waals surface area contributed by atoms with Gasteiger partial charge < -0.3 is 10.2 Å². The summed E-state index contributed by atoms with van der Waals surface area (Å²) in [7, 11) is 2.07. The second kappa shape index (κ2) is 8.67. The number of hydrogen-bond acceptors (Lipinski definition) is 8. The highest BCUT2D eigenvalue weighted by atomic mass is 16.1. The summed E-state index contributed by atoms with van der Waals surface area (Å²) < 4.78 is 1.90. The monoisotopic (exact) mass is 429 g/mol. The lowest BCUT2D eigenvalue weighted by Crippen LogP contribution is -2.47. The molecule has 1 aliphatic rings. The number of fused-ring (bicyclic) bond motifs is 1. The molecule has 0 aromatic carbocycles. The predicted octanol–water partition coefficient (Wildman–Crippen LogP) is 1.34. The summed E-state index contributed by atoms with van der Waals surface area (Å²) in [5, 5.41) is 11.7. The predicted molar refractivity (Wildman–Crippen MR) is 118 cm³/mol. The Kier molecular flexibility index (Phi) is 5.42. The number of carbonyl (C=O) groups is 1. The van der Waals surface area contributed by atoms with E-state index in [0.29, 0.717) is 30.2 Å². The second-order valence-corrected chi connectivity index (χ2v) is 7.74. The van der Waals surface area contributed by atoms with E-state index in [9.17, 15) is 4.79 Å². The van der Waals surface area contributed by atoms with E-state index in [0.717, 1.165) is 24.5 Å². The smallest absolute Gasteiger partial charge is 0.253 e. The molecule has 1 aliphatic heterocycles. The topological polar surface area (TPSA) is 104 Å². The highest BCUT2D eigenvalue weighted by molar-refractivity contribution is 5.94. The van der Waals surface area contributed by atoms with Crippen LogP contribution in [0.3, 0.4) is 0 Å². The maximum absolute atomic E-state index is 12.8. The number of rotatable bonds is 5. The molecule has 1 N–H and O–H groups in total. The van der Waals surface area contributed by atoms with E-state index in [1.54, 1.807) is 37.1 Å². The molecular formula is C22H23N9O. The van der Waals surface area contributed by atoms with Crippen LogP contribution in [0.4, 0.5) is 5.95 Å². The number of hydrogen-bond donors (Lipinski definition) is 1. The minimum absolute atomic E-state index is 0.0174. The van der Waals surface area contributed by atoms with Crippen molar-refractivity contribution in [2.24, 2.45) is 0 Å². The van der Waals surface area contributed by atoms with E-state index in [1.807, 2.05) is 28.7 Å². The molecular weight excluding hydrogens is 406 g/mol. The Bertz CT molecular complexity index is 1210. The number of aromatic nitrogens is 6. The molecule has 4 aromatic heterocycles. The lowest BCUT2D eigenvalue weighted by molar-refractivity contribution is 0.0950. The molecule has 1 saturated heterocycles. The molecule has 0 saturated carbocycles. The average molecular weight is 429 g/mol. The molecule has 1 fully saturated rings. The van der Waals surface area contributed by atoms with Crippen molar-refractivity contribution in [1.29, 1.82) is 0 Å². The van der Waals surface area contributed by atoms with Crippen LogP contribution in [0, 0.1) is 0 Å². The first kappa shape index (κ1) is 20.0. The molecule has 5 heterocycles. The van der Waals surface area contributed by atoms with Crippen molar-refractivity contribution in [3.05, 3.63) is 78.3 Å². The van der Waals surface area contributed by atoms with Gasteiger partial charge >= 0.3 is 0 Å². The maximum Gasteiger partial charge on any atom is 0.253 e. The summed E-state index contributed by atoms with van der Waals surface area (Å²) in [5.74, 6) is 1.33. The molecule has 32 heavy (non-hydrogen) atoms. The Hall–Kier alpha value is -3.92. The Morgan fingerprint density at radius 1 is 1.09 bits per heavy atom. The third-order valence-corrected chi connectivity index (χ3v) is 5.65. The van der Waals surface area contributed by atoms with Crippen LogP contribution in [-0.2, 0) is 6.54 Å². The molecule has 0 unspecified atom stereocenters. The molecule has 4 aromatic rings. The van der Waals surface area contributed by atoms with Crippen LogP contribution in [0.15, 0.2) is 61.3 Å². The van der Waals surface area contributed by atoms with Gasteiger partial charge in [0.2, 0.25) is 5.95 Å². The van der Waals surface area contributed by atoms with Crippen molar-refractivity contribution in [2.45, 2.75) is 12.6 Å². The van der Waals surface area contributed by atoms with Gasteiger partial charge in [-0.3, -0.25) is 19.1 Å². The molecule has 0 radical (unpaired) electrons. The van der Waals surface area contributed by atoms with Crippen molar-refractivity contribution in [3.63, 3.8) is 0 Å². The summed E-state index contributed by atoms with van der Waals surface area (Å²) in [6.45, 7) is 2.76. The lowest BCUT2D eigenvalue weighted by atomic mass is 10.1. The molecule has 10 nitrogen and oxygen atoms in total. The van der Waals surface area contributed by atoms with Crippen LogP contribution in [0.25, 0.3) is 5.65 Å². The van der Waals surface area contributed by atoms with Crippen molar-refractivity contribution in [3.8, 4) is 0 Å². The van der Waals surface area contributed by atoms with Crippen molar-refractivity contribution in [1.82, 2.24) is 39.8 Å². The summed E-state index contributed by atoms with van der Waals surface area (Å²) in [4.78, 5) is 30.0. The lowest BCUT2D eigenvalue weighted by Gasteiger charge is -2.38. The van der Waals surface area contributed by atoms with Crippen LogP contribution in [0.5, 0.6) is 0 Å². The zero-order chi connectivity index (χ0) is 21.9. The standard InChI is InChI=1S/C22H23N9O/c1-29-10-11-30(22-24-8-3-9-25-22)15-18(29)20-28-27-19-6-5-17(14-31(19)20)21(32)26-13-16-4-2-7-23-12-16/h2-9,12,14,18H,10-11,13,15H2,1H3,(H,26,32)/t18-/m1/s1. The number of pyridine rings is 2. The highest BCUT2D eigenvalue weighted by Crippen LogP contribution is 2.25. The van der Waals surface area contributed by atoms with Crippen molar-refractivity contribution >= 4 is 17.5 Å². The van der Waals surface area contributed by atoms with Gasteiger partial charge in [-0.25, -0.2) is 9.97 Å². The van der Waals surface area contributed by atoms with Crippen molar-refractivity contribution < 1.29 is 4.79 Å². The minimum Gasteiger partial charge on any atom is -0.348 e. The first-order chi connectivity index (χ1) is 15.7. The van der Waals surface area contributed by atoms with E-state index in [2.05, 4.69) is 47.3 Å². The second-order valence-electron chi connectivity index (χ2n) is 7.74. The van der Waals surface area contributed by atoms with E-state index in [-0.39, 0.29) is 11.9 Å². The first-order valence-electron chi connectivity index (χ1n) is 10.4. The number of carbonyl (C=O) groups excluding carboxylic acids is 1. The quantitative estimate of drug-likeness (QED) is 0.507. The molecule has 0 bridgehead atoms. The van der Waals surface area contributed by atoms with Crippen LogP contribution in [-0.4, -0.2) is 67.0 Å². The fourth-order valence-electron chi connectivity index (χ4n) is 3.85. The summed E-state index contributed by atoms with van der Waals surface area (Å²) in [6.07, 6.45) is 8.74. The summed E-state index contributed by atoms with van der Waals surface area (Å²) in [6, 6.07) is 9.15. The molecule has 162 valence electrons. The molecule has 0 spiro atoms. The Morgan fingerprint density at radius 3 is 2.78 bits per heavy atom. The number of likely N-dealkylation sites (N-methyl/N-ethyl adjacent to an activating group) is 1. The normalized spacial score (nSPS) is 16.9. The maximum atomic E-state index is 12.8. The number of nitrogens with zero attached hydrogens (tertiary/aromatic N) is 8. The minimum atomic E-state index is -0.160. The average Bonchev–Trinajstić information content (AvgIpc) is 3.27. The molecule has 10 heteroatoms. The third kappa shape index (κ3) is 4.00. The third-order valence-electron chi connectivity index (χ3n) is 5.65. The van der Waals surface area contributed by atoms with Gasteiger partial charge in [-0.05, 0) is 36.9 Å². The van der Waals surface area contributed by atoms with Crippen molar-refractivity contribution in [2.75, 3.05) is 31.6 Å². The molecule has 5 rings (SSSR count). The van der Waals surface area contributed by atoms with Crippen LogP contribution >= 0.6 is 0 Å². The van der Waals surface area contributed by atoms with Gasteiger partial charge in [0.25, 0.3) is 5.91 Å². The zero-order valence-corrected chi connectivity index (χ0v) is 17.7. The Morgan fingerprint density at radius 2 is 1.97 bits per heavy atom. The van der Waals surface area contributed by atoms with Gasteiger partial charge in [-0.1, -0.05) is 6.07 Å². The Balaban J connectivity index is 1.38. The van der Waals surface area contributed by atoms with E-state index in [4.69, 9.17) is 0 Å². The van der Waals surface area contributed by atoms with Gasteiger partial charge in [0, 0.05) is 57.2 Å². The van der Waals surface area contributed by atoms with Gasteiger partial charge in [0.15, 0.2) is 11.5 Å². The number of nitrogens with one attached hydrogen (secondary N) is 1. The molecule has 0 aliphatic carbocycles. The van der Waals surface area contributed by atoms with Gasteiger partial charge in [-0.15, -0.1) is 10.2 Å². The number of anilines is 1. The van der Waals surface area contributed by atoms with Crippen LogP contribution < -0.4 is 10.2 Å². The summed E-state index contributed by atoms with van der Waals surface area (Å²) in [5.41, 5.74) is 2.19. The fraction of sp³-hybridized carbons (Fsp3) is 0.273. The highest BCUT2D eigenvalue weighted by Gasteiger charge is 2.30. The van der Waals surface area contributed by atoms with E-state index in [1.165, 1.54) is 0 Å². The molecule has 1 atom stereocenters. The molecule has 1 amide bonds. The number of amides is 1. The van der Waals surface area contributed by atoms with Gasteiger partial charge in [0.05, 0.1) is 11.6 Å². The van der Waals surface area contributed by atoms with Gasteiger partial charge in [-0.2, -0.15) is 0 Å². The van der Waals surface area contributed by atoms with Crippen LogP contribution in [0.2, 0.25) is 0 Å². The first-order valence-corrected chi connectivity index (χ1v) is 10.4. The number of piperazine rings is 1. The van der Waals surface area contributed by atoms with E-state index >= 15 is 0 Å². The fourth-order valence-corrected chi connectivity index (χ4v) is 3.85. The Labute approximate surface area is 185 Å². The van der Waals surface area contributed by atoms with E-state index < -0.39 is 0 Å². The largest absolute Gasteiger partial charge is 0.348 e.